The van der Waals surface area contributed by atoms with E-state index in [1.807, 2.05) is 0 Å². The monoisotopic (exact) mass is 242 g/mol. The summed E-state index contributed by atoms with van der Waals surface area (Å²) in [6, 6.07) is 4.57. The Balaban J connectivity index is 3.36. The zero-order chi connectivity index (χ0) is 9.35. The minimum Gasteiger partial charge on any atom is -0.342 e. The molecule has 0 radical (unpaired) electrons. The first-order valence-electron chi connectivity index (χ1n) is 2.93. The van der Waals surface area contributed by atoms with E-state index in [1.165, 1.54) is 6.07 Å². The van der Waals surface area contributed by atoms with Crippen molar-refractivity contribution < 1.29 is 9.79 Å². The summed E-state index contributed by atoms with van der Waals surface area (Å²) in [6.07, 6.45) is 0. The average molecular weight is 243 g/mol. The van der Waals surface area contributed by atoms with E-state index in [4.69, 9.17) is 33.0 Å². The molecule has 66 valence electrons. The van der Waals surface area contributed by atoms with Gasteiger partial charge in [0, 0.05) is 0 Å². The summed E-state index contributed by atoms with van der Waals surface area (Å²) in [5.74, 6) is 0. The summed E-state index contributed by atoms with van der Waals surface area (Å²) in [5.41, 5.74) is 0. The number of hydrogen-bond acceptors (Lipinski definition) is 1. The highest BCUT2D eigenvalue weighted by molar-refractivity contribution is 8.12. The number of halogens is 2. The van der Waals surface area contributed by atoms with Crippen molar-refractivity contribution in [3.63, 3.8) is 0 Å². The molecule has 0 atom stereocenters. The predicted molar refractivity (Wildman–Crippen MR) is 54.8 cm³/mol. The summed E-state index contributed by atoms with van der Waals surface area (Å²) < 4.78 is 0. The van der Waals surface area contributed by atoms with Gasteiger partial charge < -0.3 is 9.79 Å². The van der Waals surface area contributed by atoms with Crippen LogP contribution in [0.1, 0.15) is 0 Å². The molecule has 0 saturated heterocycles. The fourth-order valence-electron chi connectivity index (χ4n) is 0.717. The van der Waals surface area contributed by atoms with Crippen molar-refractivity contribution in [2.24, 2.45) is 0 Å². The summed E-state index contributed by atoms with van der Waals surface area (Å²) >= 11 is 15.8. The molecule has 6 heteroatoms. The van der Waals surface area contributed by atoms with Gasteiger partial charge in [0.25, 0.3) is 0 Å². The maximum atomic E-state index is 9.13. The SMILES string of the molecule is OP(O)(=S)c1cccc(Cl)c1Cl. The Kier molecular flexibility index (Phi) is 3.16. The molecular formula is C6H5Cl2O2PS. The predicted octanol–water partition coefficient (Wildman–Crippen LogP) is 1.91. The molecule has 0 fully saturated rings. The third-order valence-electron chi connectivity index (χ3n) is 1.25. The Morgan fingerprint density at radius 3 is 2.25 bits per heavy atom. The van der Waals surface area contributed by atoms with Gasteiger partial charge in [-0.2, -0.15) is 0 Å². The molecule has 12 heavy (non-hydrogen) atoms. The molecule has 0 aromatic heterocycles. The Hall–Kier alpha value is 0.370. The molecule has 0 amide bonds. The lowest BCUT2D eigenvalue weighted by Crippen LogP contribution is -2.04. The van der Waals surface area contributed by atoms with Crippen molar-refractivity contribution in [3.8, 4) is 0 Å². The van der Waals surface area contributed by atoms with Crippen molar-refractivity contribution >= 4 is 46.8 Å². The van der Waals surface area contributed by atoms with Crippen LogP contribution in [0, 0.1) is 0 Å². The van der Waals surface area contributed by atoms with Crippen molar-refractivity contribution in [2.45, 2.75) is 0 Å². The molecule has 0 aliphatic rings. The van der Waals surface area contributed by atoms with Crippen LogP contribution in [0.3, 0.4) is 0 Å². The van der Waals surface area contributed by atoms with Crippen molar-refractivity contribution in [1.29, 1.82) is 0 Å². The molecule has 0 unspecified atom stereocenters. The molecule has 0 saturated carbocycles. The first kappa shape index (κ1) is 10.5. The second kappa shape index (κ2) is 3.62. The number of benzene rings is 1. The molecule has 0 heterocycles. The molecule has 1 aromatic carbocycles. The molecule has 2 N–H and O–H groups in total. The third-order valence-corrected chi connectivity index (χ3v) is 3.79. The molecule has 2 nitrogen and oxygen atoms in total. The van der Waals surface area contributed by atoms with Gasteiger partial charge in [-0.1, -0.05) is 29.3 Å². The van der Waals surface area contributed by atoms with Crippen LogP contribution in [0.4, 0.5) is 0 Å². The van der Waals surface area contributed by atoms with Gasteiger partial charge >= 0.3 is 0 Å². The highest BCUT2D eigenvalue weighted by atomic mass is 35.5. The van der Waals surface area contributed by atoms with E-state index >= 15 is 0 Å². The Morgan fingerprint density at radius 2 is 1.83 bits per heavy atom. The first-order chi connectivity index (χ1) is 5.43. The summed E-state index contributed by atoms with van der Waals surface area (Å²) in [5, 5.41) is 0.519. The van der Waals surface area contributed by atoms with E-state index in [1.54, 1.807) is 12.1 Å². The van der Waals surface area contributed by atoms with E-state index in [2.05, 4.69) is 11.8 Å². The molecular weight excluding hydrogens is 238 g/mol. The number of hydrogen-bond donors (Lipinski definition) is 2. The Morgan fingerprint density at radius 1 is 1.25 bits per heavy atom. The van der Waals surface area contributed by atoms with Gasteiger partial charge in [0.1, 0.15) is 0 Å². The molecule has 0 aliphatic heterocycles. The lowest BCUT2D eigenvalue weighted by atomic mass is 10.4. The van der Waals surface area contributed by atoms with Crippen LogP contribution in [0.2, 0.25) is 10.0 Å². The minimum absolute atomic E-state index is 0.118. The molecule has 1 aromatic rings. The van der Waals surface area contributed by atoms with E-state index in [0.29, 0.717) is 0 Å². The van der Waals surface area contributed by atoms with Crippen molar-refractivity contribution in [1.82, 2.24) is 0 Å². The smallest absolute Gasteiger partial charge is 0.215 e. The van der Waals surface area contributed by atoms with Crippen LogP contribution in [0.25, 0.3) is 0 Å². The van der Waals surface area contributed by atoms with Crippen LogP contribution in [0.5, 0.6) is 0 Å². The number of rotatable bonds is 1. The standard InChI is InChI=1S/C6H5Cl2O2PS/c7-4-2-1-3-5(6(4)8)11(9,10)12/h1-3H,(H2,9,10,12). The quantitative estimate of drug-likeness (QED) is 0.740. The third kappa shape index (κ3) is 2.19. The van der Waals surface area contributed by atoms with Crippen LogP contribution < -0.4 is 5.30 Å². The van der Waals surface area contributed by atoms with Crippen LogP contribution >= 0.6 is 29.7 Å². The molecule has 0 bridgehead atoms. The topological polar surface area (TPSA) is 40.5 Å². The summed E-state index contributed by atoms with van der Waals surface area (Å²) in [6.45, 7) is -3.47. The van der Waals surface area contributed by atoms with Gasteiger partial charge in [0.05, 0.1) is 15.3 Å². The van der Waals surface area contributed by atoms with E-state index < -0.39 is 6.49 Å². The largest absolute Gasteiger partial charge is 0.342 e. The van der Waals surface area contributed by atoms with Crippen molar-refractivity contribution in [2.75, 3.05) is 0 Å². The maximum absolute atomic E-state index is 9.13. The zero-order valence-electron chi connectivity index (χ0n) is 5.74. The minimum atomic E-state index is -3.47. The Bertz CT molecular complexity index is 349. The summed E-state index contributed by atoms with van der Waals surface area (Å²) in [4.78, 5) is 18.3. The normalized spacial score (nSPS) is 11.7. The van der Waals surface area contributed by atoms with Gasteiger partial charge in [0.15, 0.2) is 0 Å². The van der Waals surface area contributed by atoms with E-state index in [0.717, 1.165) is 0 Å². The second-order valence-electron chi connectivity index (χ2n) is 2.12. The Labute approximate surface area is 84.9 Å². The fourth-order valence-corrected chi connectivity index (χ4v) is 2.70. The highest BCUT2D eigenvalue weighted by Gasteiger charge is 2.16. The van der Waals surface area contributed by atoms with Crippen molar-refractivity contribution in [3.05, 3.63) is 28.2 Å². The molecule has 0 aliphatic carbocycles. The summed E-state index contributed by atoms with van der Waals surface area (Å²) in [7, 11) is 0. The fraction of sp³-hybridized carbons (Fsp3) is 0. The highest BCUT2D eigenvalue weighted by Crippen LogP contribution is 2.38. The van der Waals surface area contributed by atoms with E-state index in [-0.39, 0.29) is 15.3 Å². The molecule has 1 rings (SSSR count). The van der Waals surface area contributed by atoms with Gasteiger partial charge in [-0.15, -0.1) is 0 Å². The van der Waals surface area contributed by atoms with Crippen LogP contribution in [0.15, 0.2) is 18.2 Å². The van der Waals surface area contributed by atoms with Crippen LogP contribution in [-0.2, 0) is 11.8 Å². The van der Waals surface area contributed by atoms with Gasteiger partial charge in [-0.3, -0.25) is 0 Å². The average Bonchev–Trinajstić information content (AvgIpc) is 1.92. The van der Waals surface area contributed by atoms with Gasteiger partial charge in [0.2, 0.25) is 6.49 Å². The lowest BCUT2D eigenvalue weighted by Gasteiger charge is -2.09. The lowest BCUT2D eigenvalue weighted by molar-refractivity contribution is 0.493. The van der Waals surface area contributed by atoms with Crippen LogP contribution in [-0.4, -0.2) is 9.79 Å². The molecule has 0 spiro atoms. The maximum Gasteiger partial charge on any atom is 0.215 e. The second-order valence-corrected chi connectivity index (χ2v) is 6.00. The van der Waals surface area contributed by atoms with Gasteiger partial charge in [-0.25, -0.2) is 0 Å². The van der Waals surface area contributed by atoms with E-state index in [9.17, 15) is 0 Å². The zero-order valence-corrected chi connectivity index (χ0v) is 8.96. The van der Waals surface area contributed by atoms with Gasteiger partial charge in [-0.05, 0) is 23.9 Å². The first-order valence-corrected chi connectivity index (χ1v) is 6.39.